The Kier molecular flexibility index (Phi) is 3.95. The van der Waals surface area contributed by atoms with Crippen LogP contribution in [-0.2, 0) is 6.42 Å². The number of aldehydes is 1. The number of benzene rings is 1. The molecule has 2 rings (SSSR count). The van der Waals surface area contributed by atoms with Gasteiger partial charge < -0.3 is 5.32 Å². The van der Waals surface area contributed by atoms with Gasteiger partial charge in [0.25, 0.3) is 0 Å². The third-order valence-electron chi connectivity index (χ3n) is 3.79. The number of aryl methyl sites for hydroxylation is 2. The molecular formula is C15H21NO. The van der Waals surface area contributed by atoms with Gasteiger partial charge in [0, 0.05) is 5.56 Å². The summed E-state index contributed by atoms with van der Waals surface area (Å²) in [5, 5.41) is 3.43. The van der Waals surface area contributed by atoms with E-state index in [1.165, 1.54) is 29.5 Å². The van der Waals surface area contributed by atoms with Gasteiger partial charge in [0.15, 0.2) is 0 Å². The van der Waals surface area contributed by atoms with Crippen LogP contribution >= 0.6 is 0 Å². The van der Waals surface area contributed by atoms with Crippen molar-refractivity contribution >= 4 is 6.29 Å². The lowest BCUT2D eigenvalue weighted by molar-refractivity contribution is 0.112. The highest BCUT2D eigenvalue weighted by atomic mass is 16.1. The molecule has 17 heavy (non-hydrogen) atoms. The predicted octanol–water partition coefficient (Wildman–Crippen LogP) is 2.66. The van der Waals surface area contributed by atoms with Crippen LogP contribution in [0.1, 0.15) is 39.9 Å². The van der Waals surface area contributed by atoms with Gasteiger partial charge in [0.05, 0.1) is 0 Å². The van der Waals surface area contributed by atoms with Gasteiger partial charge in [-0.2, -0.15) is 0 Å². The Morgan fingerprint density at radius 1 is 1.35 bits per heavy atom. The second-order valence-corrected chi connectivity index (χ2v) is 5.17. The lowest BCUT2D eigenvalue weighted by Gasteiger charge is -2.23. The number of hydrogen-bond donors (Lipinski definition) is 1. The average Bonchev–Trinajstić information content (AvgIpc) is 2.35. The summed E-state index contributed by atoms with van der Waals surface area (Å²) in [6, 6.07) is 4.21. The van der Waals surface area contributed by atoms with Crippen molar-refractivity contribution in [1.29, 1.82) is 0 Å². The first-order chi connectivity index (χ1) is 8.20. The van der Waals surface area contributed by atoms with Crippen molar-refractivity contribution < 1.29 is 4.79 Å². The standard InChI is InChI=1S/C15H21NO/c1-11-6-14(15(10-17)7-12(11)2)8-13-4-3-5-16-9-13/h6-7,10,13,16H,3-5,8-9H2,1-2H3. The highest BCUT2D eigenvalue weighted by Crippen LogP contribution is 2.21. The fourth-order valence-corrected chi connectivity index (χ4v) is 2.59. The van der Waals surface area contributed by atoms with E-state index >= 15 is 0 Å². The van der Waals surface area contributed by atoms with Crippen LogP contribution in [0.25, 0.3) is 0 Å². The van der Waals surface area contributed by atoms with E-state index in [0.717, 1.165) is 31.4 Å². The Morgan fingerprint density at radius 2 is 2.12 bits per heavy atom. The van der Waals surface area contributed by atoms with E-state index in [1.807, 2.05) is 6.07 Å². The van der Waals surface area contributed by atoms with Crippen LogP contribution in [0.2, 0.25) is 0 Å². The Bertz CT molecular complexity index is 406. The minimum atomic E-state index is 0.685. The molecular weight excluding hydrogens is 210 g/mol. The van der Waals surface area contributed by atoms with Crippen LogP contribution in [0.4, 0.5) is 0 Å². The molecule has 1 aliphatic rings. The first-order valence-corrected chi connectivity index (χ1v) is 6.46. The summed E-state index contributed by atoms with van der Waals surface area (Å²) >= 11 is 0. The summed E-state index contributed by atoms with van der Waals surface area (Å²) in [7, 11) is 0. The minimum Gasteiger partial charge on any atom is -0.316 e. The van der Waals surface area contributed by atoms with Crippen molar-refractivity contribution in [3.63, 3.8) is 0 Å². The zero-order valence-corrected chi connectivity index (χ0v) is 10.8. The third kappa shape index (κ3) is 2.95. The van der Waals surface area contributed by atoms with E-state index in [0.29, 0.717) is 5.92 Å². The fourth-order valence-electron chi connectivity index (χ4n) is 2.59. The van der Waals surface area contributed by atoms with Crippen LogP contribution < -0.4 is 5.32 Å². The Labute approximate surface area is 103 Å². The van der Waals surface area contributed by atoms with Crippen molar-refractivity contribution in [2.24, 2.45) is 5.92 Å². The number of piperidine rings is 1. The molecule has 1 aromatic rings. The van der Waals surface area contributed by atoms with Gasteiger partial charge in [-0.05, 0) is 74.9 Å². The summed E-state index contributed by atoms with van der Waals surface area (Å²) in [5.41, 5.74) is 4.59. The SMILES string of the molecule is Cc1cc(C=O)c(CC2CCCNC2)cc1C. The molecule has 0 spiro atoms. The lowest BCUT2D eigenvalue weighted by Crippen LogP contribution is -2.31. The number of rotatable bonds is 3. The summed E-state index contributed by atoms with van der Waals surface area (Å²) in [5.74, 6) is 0.685. The molecule has 92 valence electrons. The van der Waals surface area contributed by atoms with E-state index in [4.69, 9.17) is 0 Å². The quantitative estimate of drug-likeness (QED) is 0.810. The monoisotopic (exact) mass is 231 g/mol. The summed E-state index contributed by atoms with van der Waals surface area (Å²) < 4.78 is 0. The van der Waals surface area contributed by atoms with E-state index < -0.39 is 0 Å². The van der Waals surface area contributed by atoms with Crippen LogP contribution in [0.15, 0.2) is 12.1 Å². The molecule has 0 amide bonds. The van der Waals surface area contributed by atoms with Crippen LogP contribution in [0.3, 0.4) is 0 Å². The van der Waals surface area contributed by atoms with Gasteiger partial charge in [-0.15, -0.1) is 0 Å². The molecule has 1 atom stereocenters. The molecule has 0 saturated carbocycles. The van der Waals surface area contributed by atoms with Gasteiger partial charge in [0.1, 0.15) is 6.29 Å². The van der Waals surface area contributed by atoms with E-state index in [9.17, 15) is 4.79 Å². The normalized spacial score (nSPS) is 20.2. The van der Waals surface area contributed by atoms with Gasteiger partial charge in [0.2, 0.25) is 0 Å². The molecule has 2 heteroatoms. The molecule has 1 N–H and O–H groups in total. The minimum absolute atomic E-state index is 0.685. The summed E-state index contributed by atoms with van der Waals surface area (Å²) in [6.07, 6.45) is 4.56. The maximum atomic E-state index is 11.1. The Balaban J connectivity index is 2.18. The first-order valence-electron chi connectivity index (χ1n) is 6.46. The van der Waals surface area contributed by atoms with Crippen LogP contribution in [0, 0.1) is 19.8 Å². The van der Waals surface area contributed by atoms with Crippen molar-refractivity contribution in [3.8, 4) is 0 Å². The maximum Gasteiger partial charge on any atom is 0.150 e. The Hall–Kier alpha value is -1.15. The molecule has 0 aromatic heterocycles. The maximum absolute atomic E-state index is 11.1. The zero-order valence-electron chi connectivity index (χ0n) is 10.8. The van der Waals surface area contributed by atoms with Gasteiger partial charge in [-0.1, -0.05) is 6.07 Å². The molecule has 1 aromatic carbocycles. The Morgan fingerprint density at radius 3 is 2.76 bits per heavy atom. The van der Waals surface area contributed by atoms with Gasteiger partial charge >= 0.3 is 0 Å². The first kappa shape index (κ1) is 12.3. The average molecular weight is 231 g/mol. The van der Waals surface area contributed by atoms with Crippen LogP contribution in [-0.4, -0.2) is 19.4 Å². The molecule has 1 aliphatic heterocycles. The van der Waals surface area contributed by atoms with Gasteiger partial charge in [-0.3, -0.25) is 4.79 Å². The van der Waals surface area contributed by atoms with Crippen molar-refractivity contribution in [1.82, 2.24) is 5.32 Å². The van der Waals surface area contributed by atoms with Gasteiger partial charge in [-0.25, -0.2) is 0 Å². The molecule has 1 heterocycles. The predicted molar refractivity (Wildman–Crippen MR) is 70.6 cm³/mol. The fraction of sp³-hybridized carbons (Fsp3) is 0.533. The number of carbonyl (C=O) groups excluding carboxylic acids is 1. The molecule has 1 saturated heterocycles. The van der Waals surface area contributed by atoms with Crippen molar-refractivity contribution in [3.05, 3.63) is 34.4 Å². The van der Waals surface area contributed by atoms with Crippen LogP contribution in [0.5, 0.6) is 0 Å². The molecule has 0 radical (unpaired) electrons. The topological polar surface area (TPSA) is 29.1 Å². The molecule has 1 unspecified atom stereocenters. The molecule has 1 fully saturated rings. The number of carbonyl (C=O) groups is 1. The van der Waals surface area contributed by atoms with E-state index in [2.05, 4.69) is 25.2 Å². The lowest BCUT2D eigenvalue weighted by atomic mass is 9.89. The molecule has 0 aliphatic carbocycles. The highest BCUT2D eigenvalue weighted by molar-refractivity contribution is 5.78. The third-order valence-corrected chi connectivity index (χ3v) is 3.79. The number of hydrogen-bond acceptors (Lipinski definition) is 2. The second-order valence-electron chi connectivity index (χ2n) is 5.17. The zero-order chi connectivity index (χ0) is 12.3. The smallest absolute Gasteiger partial charge is 0.150 e. The largest absolute Gasteiger partial charge is 0.316 e. The molecule has 0 bridgehead atoms. The summed E-state index contributed by atoms with van der Waals surface area (Å²) in [4.78, 5) is 11.1. The highest BCUT2D eigenvalue weighted by Gasteiger charge is 2.15. The van der Waals surface area contributed by atoms with E-state index in [1.54, 1.807) is 0 Å². The summed E-state index contributed by atoms with van der Waals surface area (Å²) in [6.45, 7) is 6.41. The van der Waals surface area contributed by atoms with E-state index in [-0.39, 0.29) is 0 Å². The van der Waals surface area contributed by atoms with Crippen molar-refractivity contribution in [2.45, 2.75) is 33.1 Å². The second kappa shape index (κ2) is 5.46. The number of nitrogens with one attached hydrogen (secondary N) is 1. The van der Waals surface area contributed by atoms with Crippen molar-refractivity contribution in [2.75, 3.05) is 13.1 Å². The molecule has 2 nitrogen and oxygen atoms in total.